The Morgan fingerprint density at radius 2 is 1.56 bits per heavy atom. The summed E-state index contributed by atoms with van der Waals surface area (Å²) in [7, 11) is 0. The summed E-state index contributed by atoms with van der Waals surface area (Å²) in [5.74, 6) is 0. The second kappa shape index (κ2) is 4.92. The lowest BCUT2D eigenvalue weighted by molar-refractivity contribution is 0.0539. The minimum absolute atomic E-state index is 0.260. The molecule has 1 saturated heterocycles. The number of hydrogen-bond acceptors (Lipinski definition) is 2. The summed E-state index contributed by atoms with van der Waals surface area (Å²) in [6.45, 7) is 1.96. The van der Waals surface area contributed by atoms with Crippen LogP contribution in [0, 0.1) is 0 Å². The van der Waals surface area contributed by atoms with E-state index in [0.717, 1.165) is 13.1 Å². The van der Waals surface area contributed by atoms with Crippen molar-refractivity contribution in [1.82, 2.24) is 4.90 Å². The van der Waals surface area contributed by atoms with Crippen molar-refractivity contribution in [2.75, 3.05) is 6.54 Å². The average molecular weight is 238 g/mol. The van der Waals surface area contributed by atoms with Crippen LogP contribution in [0.5, 0.6) is 0 Å². The summed E-state index contributed by atoms with van der Waals surface area (Å²) < 4.78 is 0. The first-order valence-corrected chi connectivity index (χ1v) is 6.43. The topological polar surface area (TPSA) is 29.3 Å². The second-order valence-corrected chi connectivity index (χ2v) is 4.93. The Morgan fingerprint density at radius 3 is 2.17 bits per heavy atom. The Bertz CT molecular complexity index is 495. The van der Waals surface area contributed by atoms with Crippen molar-refractivity contribution in [1.29, 1.82) is 0 Å². The number of hydrogen-bond donors (Lipinski definition) is 1. The Hall–Kier alpha value is -1.64. The highest BCUT2D eigenvalue weighted by Crippen LogP contribution is 2.33. The Morgan fingerprint density at radius 1 is 0.944 bits per heavy atom. The summed E-state index contributed by atoms with van der Waals surface area (Å²) >= 11 is 0. The van der Waals surface area contributed by atoms with Crippen LogP contribution >= 0.6 is 0 Å². The van der Waals surface area contributed by atoms with Crippen LogP contribution in [0.1, 0.15) is 17.2 Å². The number of rotatable bonds is 3. The zero-order chi connectivity index (χ0) is 12.4. The molecular formula is C16H18N2. The molecule has 92 valence electrons. The molecule has 2 aromatic rings. The van der Waals surface area contributed by atoms with Crippen LogP contribution in [0.3, 0.4) is 0 Å². The van der Waals surface area contributed by atoms with Gasteiger partial charge in [-0.15, -0.1) is 0 Å². The zero-order valence-corrected chi connectivity index (χ0v) is 10.4. The molecule has 1 aliphatic heterocycles. The fourth-order valence-electron chi connectivity index (χ4n) is 2.71. The van der Waals surface area contributed by atoms with Crippen LogP contribution in [0.15, 0.2) is 60.7 Å². The van der Waals surface area contributed by atoms with Crippen molar-refractivity contribution in [3.8, 4) is 0 Å². The van der Waals surface area contributed by atoms with Gasteiger partial charge in [0.2, 0.25) is 0 Å². The normalized spacial score (nSPS) is 23.6. The summed E-state index contributed by atoms with van der Waals surface area (Å²) in [6.07, 6.45) is 0. The van der Waals surface area contributed by atoms with E-state index in [9.17, 15) is 0 Å². The average Bonchev–Trinajstić information content (AvgIpc) is 2.40. The van der Waals surface area contributed by atoms with Gasteiger partial charge in [0.05, 0.1) is 6.04 Å². The second-order valence-electron chi connectivity index (χ2n) is 4.93. The molecule has 0 aliphatic carbocycles. The summed E-state index contributed by atoms with van der Waals surface area (Å²) in [5.41, 5.74) is 8.84. The van der Waals surface area contributed by atoms with Gasteiger partial charge in [0, 0.05) is 19.1 Å². The summed E-state index contributed by atoms with van der Waals surface area (Å²) in [5, 5.41) is 0. The number of likely N-dealkylation sites (tertiary alicyclic amines) is 1. The highest BCUT2D eigenvalue weighted by Gasteiger charge is 2.36. The van der Waals surface area contributed by atoms with Gasteiger partial charge in [-0.25, -0.2) is 0 Å². The van der Waals surface area contributed by atoms with Crippen molar-refractivity contribution in [3.05, 3.63) is 71.8 Å². The van der Waals surface area contributed by atoms with Crippen LogP contribution < -0.4 is 5.73 Å². The Balaban J connectivity index is 1.75. The third-order valence-electron chi connectivity index (χ3n) is 3.61. The molecule has 18 heavy (non-hydrogen) atoms. The van der Waals surface area contributed by atoms with Gasteiger partial charge in [-0.3, -0.25) is 4.90 Å². The van der Waals surface area contributed by atoms with Gasteiger partial charge in [0.25, 0.3) is 0 Å². The molecule has 0 radical (unpaired) electrons. The molecule has 0 bridgehead atoms. The van der Waals surface area contributed by atoms with Gasteiger partial charge in [-0.1, -0.05) is 60.7 Å². The van der Waals surface area contributed by atoms with E-state index in [-0.39, 0.29) is 6.04 Å². The van der Waals surface area contributed by atoms with Crippen LogP contribution in [0.25, 0.3) is 0 Å². The summed E-state index contributed by atoms with van der Waals surface area (Å²) in [6, 6.07) is 21.8. The number of benzene rings is 2. The molecule has 2 nitrogen and oxygen atoms in total. The third kappa shape index (κ3) is 2.17. The molecular weight excluding hydrogens is 220 g/mol. The van der Waals surface area contributed by atoms with Crippen LogP contribution in [0.4, 0.5) is 0 Å². The molecule has 3 rings (SSSR count). The lowest BCUT2D eigenvalue weighted by Gasteiger charge is -2.46. The molecule has 0 saturated carbocycles. The molecule has 1 fully saturated rings. The minimum atomic E-state index is 0.260. The molecule has 0 spiro atoms. The quantitative estimate of drug-likeness (QED) is 0.890. The molecule has 0 aromatic heterocycles. The van der Waals surface area contributed by atoms with Crippen molar-refractivity contribution >= 4 is 0 Å². The number of nitrogens with two attached hydrogens (primary N) is 1. The summed E-state index contributed by atoms with van der Waals surface area (Å²) in [4.78, 5) is 2.44. The molecule has 2 heteroatoms. The third-order valence-corrected chi connectivity index (χ3v) is 3.61. The fraction of sp³-hybridized carbons (Fsp3) is 0.250. The monoisotopic (exact) mass is 238 g/mol. The van der Waals surface area contributed by atoms with Crippen LogP contribution in [-0.2, 0) is 6.54 Å². The van der Waals surface area contributed by atoms with Gasteiger partial charge in [-0.05, 0) is 11.1 Å². The van der Waals surface area contributed by atoms with E-state index in [0.29, 0.717) is 6.04 Å². The highest BCUT2D eigenvalue weighted by atomic mass is 15.3. The fourth-order valence-corrected chi connectivity index (χ4v) is 2.71. The smallest absolute Gasteiger partial charge is 0.0515 e. The first-order chi connectivity index (χ1) is 8.84. The van der Waals surface area contributed by atoms with E-state index in [4.69, 9.17) is 5.73 Å². The minimum Gasteiger partial charge on any atom is -0.325 e. The van der Waals surface area contributed by atoms with E-state index in [1.807, 2.05) is 0 Å². The Labute approximate surface area is 108 Å². The molecule has 2 aromatic carbocycles. The van der Waals surface area contributed by atoms with E-state index in [2.05, 4.69) is 65.6 Å². The maximum absolute atomic E-state index is 6.16. The molecule has 1 aliphatic rings. The SMILES string of the molecule is N[C@@H]1CN(Cc2ccccc2)[C@H]1c1ccccc1. The first kappa shape index (κ1) is 11.5. The van der Waals surface area contributed by atoms with Gasteiger partial charge in [0.15, 0.2) is 0 Å². The Kier molecular flexibility index (Phi) is 3.13. The van der Waals surface area contributed by atoms with Gasteiger partial charge >= 0.3 is 0 Å². The van der Waals surface area contributed by atoms with E-state index in [1.165, 1.54) is 11.1 Å². The first-order valence-electron chi connectivity index (χ1n) is 6.43. The van der Waals surface area contributed by atoms with Gasteiger partial charge in [-0.2, -0.15) is 0 Å². The predicted molar refractivity (Wildman–Crippen MR) is 74.0 cm³/mol. The van der Waals surface area contributed by atoms with Crippen molar-refractivity contribution in [2.24, 2.45) is 5.73 Å². The largest absolute Gasteiger partial charge is 0.325 e. The van der Waals surface area contributed by atoms with Gasteiger partial charge < -0.3 is 5.73 Å². The predicted octanol–water partition coefficient (Wildman–Crippen LogP) is 2.57. The van der Waals surface area contributed by atoms with Gasteiger partial charge in [0.1, 0.15) is 0 Å². The molecule has 0 unspecified atom stereocenters. The van der Waals surface area contributed by atoms with Crippen LogP contribution in [-0.4, -0.2) is 17.5 Å². The van der Waals surface area contributed by atoms with Crippen molar-refractivity contribution < 1.29 is 0 Å². The standard InChI is InChI=1S/C16H18N2/c17-15-12-18(11-13-7-3-1-4-8-13)16(15)14-9-5-2-6-10-14/h1-10,15-16H,11-12,17H2/t15-,16+/m1/s1. The van der Waals surface area contributed by atoms with E-state index >= 15 is 0 Å². The zero-order valence-electron chi connectivity index (χ0n) is 10.4. The van der Waals surface area contributed by atoms with E-state index in [1.54, 1.807) is 0 Å². The molecule has 2 N–H and O–H groups in total. The van der Waals surface area contributed by atoms with Crippen molar-refractivity contribution in [2.45, 2.75) is 18.6 Å². The lowest BCUT2D eigenvalue weighted by atomic mass is 9.89. The number of nitrogens with zero attached hydrogens (tertiary/aromatic N) is 1. The molecule has 2 atom stereocenters. The molecule has 0 amide bonds. The highest BCUT2D eigenvalue weighted by molar-refractivity contribution is 5.25. The molecule has 1 heterocycles. The van der Waals surface area contributed by atoms with Crippen LogP contribution in [0.2, 0.25) is 0 Å². The maximum atomic E-state index is 6.16. The van der Waals surface area contributed by atoms with E-state index < -0.39 is 0 Å². The van der Waals surface area contributed by atoms with Crippen molar-refractivity contribution in [3.63, 3.8) is 0 Å². The maximum Gasteiger partial charge on any atom is 0.0515 e. The lowest BCUT2D eigenvalue weighted by Crippen LogP contribution is -2.57.